The molecule has 3 rings (SSSR count). The zero-order valence-corrected chi connectivity index (χ0v) is 14.4. The van der Waals surface area contributed by atoms with Gasteiger partial charge in [-0.2, -0.15) is 0 Å². The standard InChI is InChI=1S/C21H21NO3/c1-24-19-9-5-3-7-15(19)11-17-13-22-14-18(21(17)23)12-16-8-4-6-10-20(16)25-2/h3-12,22H,13-14H2,1-2H3/b17-11+,18-12+. The van der Waals surface area contributed by atoms with Crippen LogP contribution in [0.2, 0.25) is 0 Å². The van der Waals surface area contributed by atoms with Crippen LogP contribution in [0.3, 0.4) is 0 Å². The van der Waals surface area contributed by atoms with E-state index in [0.717, 1.165) is 33.8 Å². The Hall–Kier alpha value is -2.85. The van der Waals surface area contributed by atoms with Crippen molar-refractivity contribution in [3.05, 3.63) is 70.8 Å². The van der Waals surface area contributed by atoms with Crippen LogP contribution < -0.4 is 14.8 Å². The van der Waals surface area contributed by atoms with E-state index in [1.807, 2.05) is 60.7 Å². The van der Waals surface area contributed by atoms with Gasteiger partial charge in [0.1, 0.15) is 11.5 Å². The fraction of sp³-hybridized carbons (Fsp3) is 0.190. The average Bonchev–Trinajstić information content (AvgIpc) is 2.66. The van der Waals surface area contributed by atoms with Crippen molar-refractivity contribution in [3.8, 4) is 11.5 Å². The normalized spacial score (nSPS) is 17.8. The van der Waals surface area contributed by atoms with Crippen LogP contribution in [0.4, 0.5) is 0 Å². The highest BCUT2D eigenvalue weighted by Crippen LogP contribution is 2.25. The minimum absolute atomic E-state index is 0.0514. The average molecular weight is 335 g/mol. The van der Waals surface area contributed by atoms with Gasteiger partial charge in [-0.15, -0.1) is 0 Å². The van der Waals surface area contributed by atoms with Crippen LogP contribution in [0.15, 0.2) is 59.7 Å². The third kappa shape index (κ3) is 3.80. The number of hydrogen-bond donors (Lipinski definition) is 1. The van der Waals surface area contributed by atoms with Gasteiger partial charge in [-0.3, -0.25) is 4.79 Å². The fourth-order valence-corrected chi connectivity index (χ4v) is 2.88. The van der Waals surface area contributed by atoms with E-state index < -0.39 is 0 Å². The van der Waals surface area contributed by atoms with Gasteiger partial charge in [-0.1, -0.05) is 36.4 Å². The Bertz CT molecular complexity index is 769. The minimum atomic E-state index is 0.0514. The van der Waals surface area contributed by atoms with Crippen molar-refractivity contribution < 1.29 is 14.3 Å². The Morgan fingerprint density at radius 3 is 1.68 bits per heavy atom. The summed E-state index contributed by atoms with van der Waals surface area (Å²) in [6.45, 7) is 1.08. The van der Waals surface area contributed by atoms with E-state index in [0.29, 0.717) is 13.1 Å². The highest BCUT2D eigenvalue weighted by atomic mass is 16.5. The number of rotatable bonds is 4. The quantitative estimate of drug-likeness (QED) is 0.871. The summed E-state index contributed by atoms with van der Waals surface area (Å²) in [5, 5.41) is 3.29. The van der Waals surface area contributed by atoms with E-state index in [1.165, 1.54) is 0 Å². The van der Waals surface area contributed by atoms with E-state index in [2.05, 4.69) is 5.32 Å². The van der Waals surface area contributed by atoms with E-state index in [-0.39, 0.29) is 5.78 Å². The van der Waals surface area contributed by atoms with Crippen molar-refractivity contribution in [2.24, 2.45) is 0 Å². The SMILES string of the molecule is COc1ccccc1/C=C1\CNC/C(=C\c2ccccc2OC)C1=O. The van der Waals surface area contributed by atoms with Crippen LogP contribution in [0, 0.1) is 0 Å². The molecule has 2 aromatic carbocycles. The van der Waals surface area contributed by atoms with Crippen molar-refractivity contribution in [2.75, 3.05) is 27.3 Å². The molecule has 25 heavy (non-hydrogen) atoms. The van der Waals surface area contributed by atoms with Gasteiger partial charge >= 0.3 is 0 Å². The molecule has 1 heterocycles. The molecule has 1 saturated heterocycles. The molecule has 0 unspecified atom stereocenters. The van der Waals surface area contributed by atoms with Crippen LogP contribution >= 0.6 is 0 Å². The number of nitrogens with one attached hydrogen (secondary N) is 1. The lowest BCUT2D eigenvalue weighted by Crippen LogP contribution is -2.32. The Morgan fingerprint density at radius 1 is 0.800 bits per heavy atom. The third-order valence-electron chi connectivity index (χ3n) is 4.15. The number of carbonyl (C=O) groups is 1. The Kier molecular flexibility index (Phi) is 5.31. The van der Waals surface area contributed by atoms with Crippen LogP contribution in [-0.2, 0) is 4.79 Å². The molecule has 2 aromatic rings. The number of piperidine rings is 1. The molecule has 0 bridgehead atoms. The summed E-state index contributed by atoms with van der Waals surface area (Å²) >= 11 is 0. The zero-order chi connectivity index (χ0) is 17.6. The van der Waals surface area contributed by atoms with E-state index >= 15 is 0 Å². The molecule has 0 amide bonds. The first-order chi connectivity index (χ1) is 12.2. The van der Waals surface area contributed by atoms with Gasteiger partial charge in [-0.05, 0) is 24.3 Å². The lowest BCUT2D eigenvalue weighted by atomic mass is 9.95. The number of methoxy groups -OCH3 is 2. The summed E-state index contributed by atoms with van der Waals surface area (Å²) in [5.41, 5.74) is 3.23. The molecular formula is C21H21NO3. The van der Waals surface area contributed by atoms with E-state index in [4.69, 9.17) is 9.47 Å². The van der Waals surface area contributed by atoms with Crippen LogP contribution in [0.5, 0.6) is 11.5 Å². The van der Waals surface area contributed by atoms with Gasteiger partial charge in [-0.25, -0.2) is 0 Å². The maximum absolute atomic E-state index is 12.9. The van der Waals surface area contributed by atoms with Crippen LogP contribution in [0.1, 0.15) is 11.1 Å². The van der Waals surface area contributed by atoms with Gasteiger partial charge in [0.05, 0.1) is 14.2 Å². The van der Waals surface area contributed by atoms with E-state index in [9.17, 15) is 4.79 Å². The Balaban J connectivity index is 1.93. The Labute approximate surface area is 147 Å². The largest absolute Gasteiger partial charge is 0.496 e. The molecule has 1 aliphatic heterocycles. The summed E-state index contributed by atoms with van der Waals surface area (Å²) in [5.74, 6) is 1.56. The van der Waals surface area contributed by atoms with Crippen LogP contribution in [-0.4, -0.2) is 33.1 Å². The predicted octanol–water partition coefficient (Wildman–Crippen LogP) is 3.34. The second-order valence-electron chi connectivity index (χ2n) is 5.76. The third-order valence-corrected chi connectivity index (χ3v) is 4.15. The molecule has 1 fully saturated rings. The fourth-order valence-electron chi connectivity index (χ4n) is 2.88. The minimum Gasteiger partial charge on any atom is -0.496 e. The Morgan fingerprint density at radius 2 is 1.24 bits per heavy atom. The van der Waals surface area contributed by atoms with Crippen molar-refractivity contribution in [1.29, 1.82) is 0 Å². The predicted molar refractivity (Wildman–Crippen MR) is 99.8 cm³/mol. The van der Waals surface area contributed by atoms with Gasteiger partial charge < -0.3 is 14.8 Å². The second kappa shape index (κ2) is 7.81. The van der Waals surface area contributed by atoms with Gasteiger partial charge in [0, 0.05) is 35.4 Å². The molecule has 0 atom stereocenters. The molecular weight excluding hydrogens is 314 g/mol. The molecule has 0 saturated carbocycles. The molecule has 0 aliphatic carbocycles. The summed E-state index contributed by atoms with van der Waals surface area (Å²) in [6.07, 6.45) is 3.78. The molecule has 128 valence electrons. The highest BCUT2D eigenvalue weighted by Gasteiger charge is 2.21. The summed E-state index contributed by atoms with van der Waals surface area (Å²) in [4.78, 5) is 12.9. The molecule has 0 spiro atoms. The van der Waals surface area contributed by atoms with Crippen LogP contribution in [0.25, 0.3) is 12.2 Å². The maximum Gasteiger partial charge on any atom is 0.187 e. The van der Waals surface area contributed by atoms with Crippen molar-refractivity contribution in [3.63, 3.8) is 0 Å². The molecule has 4 heteroatoms. The second-order valence-corrected chi connectivity index (χ2v) is 5.76. The number of carbonyl (C=O) groups excluding carboxylic acids is 1. The lowest BCUT2D eigenvalue weighted by Gasteiger charge is -2.19. The number of benzene rings is 2. The van der Waals surface area contributed by atoms with Gasteiger partial charge in [0.25, 0.3) is 0 Å². The zero-order valence-electron chi connectivity index (χ0n) is 14.4. The first-order valence-electron chi connectivity index (χ1n) is 8.15. The molecule has 1 N–H and O–H groups in total. The lowest BCUT2D eigenvalue weighted by molar-refractivity contribution is -0.112. The highest BCUT2D eigenvalue weighted by molar-refractivity contribution is 6.14. The smallest absolute Gasteiger partial charge is 0.187 e. The van der Waals surface area contributed by atoms with Gasteiger partial charge in [0.2, 0.25) is 0 Å². The number of ketones is 1. The first kappa shape index (κ1) is 17.0. The van der Waals surface area contributed by atoms with Gasteiger partial charge in [0.15, 0.2) is 5.78 Å². The molecule has 4 nitrogen and oxygen atoms in total. The topological polar surface area (TPSA) is 47.6 Å². The molecule has 0 aromatic heterocycles. The van der Waals surface area contributed by atoms with E-state index in [1.54, 1.807) is 14.2 Å². The number of hydrogen-bond acceptors (Lipinski definition) is 4. The summed E-state index contributed by atoms with van der Waals surface area (Å²) < 4.78 is 10.7. The van der Waals surface area contributed by atoms with Crippen molar-refractivity contribution in [1.82, 2.24) is 5.32 Å². The number of ether oxygens (including phenoxy) is 2. The monoisotopic (exact) mass is 335 g/mol. The summed E-state index contributed by atoms with van der Waals surface area (Å²) in [6, 6.07) is 15.3. The summed E-state index contributed by atoms with van der Waals surface area (Å²) in [7, 11) is 3.26. The number of Topliss-reactive ketones (excluding diaryl/α,β-unsaturated/α-hetero) is 1. The molecule has 1 aliphatic rings. The maximum atomic E-state index is 12.9. The first-order valence-corrected chi connectivity index (χ1v) is 8.15. The van der Waals surface area contributed by atoms with Crippen molar-refractivity contribution in [2.45, 2.75) is 0 Å². The van der Waals surface area contributed by atoms with Crippen molar-refractivity contribution >= 4 is 17.9 Å². The molecule has 0 radical (unpaired) electrons. The number of para-hydroxylation sites is 2.